The van der Waals surface area contributed by atoms with E-state index in [0.717, 1.165) is 6.42 Å². The van der Waals surface area contributed by atoms with Gasteiger partial charge in [0.1, 0.15) is 0 Å². The van der Waals surface area contributed by atoms with Crippen molar-refractivity contribution >= 4 is 16.4 Å². The van der Waals surface area contributed by atoms with Gasteiger partial charge in [0.15, 0.2) is 23.3 Å². The molecule has 0 aromatic heterocycles. The van der Waals surface area contributed by atoms with Gasteiger partial charge in [-0.05, 0) is 24.8 Å². The molecule has 2 aliphatic rings. The summed E-state index contributed by atoms with van der Waals surface area (Å²) in [7, 11) is -1.14. The quantitative estimate of drug-likeness (QED) is 0.436. The van der Waals surface area contributed by atoms with Gasteiger partial charge in [-0.3, -0.25) is 4.21 Å². The smallest absolute Gasteiger partial charge is 0.200 e. The summed E-state index contributed by atoms with van der Waals surface area (Å²) in [6.07, 6.45) is 3.56. The first kappa shape index (κ1) is 14.7. The van der Waals surface area contributed by atoms with E-state index in [9.17, 15) is 26.2 Å². The molecule has 0 N–H and O–H groups in total. The van der Waals surface area contributed by atoms with Crippen LogP contribution in [0.5, 0.6) is 0 Å². The second-order valence-corrected chi connectivity index (χ2v) is 7.19. The molecular weight excluding hydrogens is 311 g/mol. The molecule has 3 rings (SSSR count). The molecule has 2 bridgehead atoms. The number of halogens is 5. The van der Waals surface area contributed by atoms with Gasteiger partial charge in [0.25, 0.3) is 0 Å². The van der Waals surface area contributed by atoms with E-state index in [2.05, 4.69) is 0 Å². The maximum Gasteiger partial charge on any atom is 0.200 e. The minimum Gasteiger partial charge on any atom is -0.259 e. The predicted octanol–water partition coefficient (Wildman–Crippen LogP) is 3.84. The molecule has 0 radical (unpaired) electrons. The highest BCUT2D eigenvalue weighted by molar-refractivity contribution is 7.86. The van der Waals surface area contributed by atoms with Gasteiger partial charge in [0, 0.05) is 16.0 Å². The molecule has 1 saturated heterocycles. The number of fused-ring (bicyclic) bond motifs is 2. The van der Waals surface area contributed by atoms with Crippen LogP contribution in [-0.4, -0.2) is 14.7 Å². The summed E-state index contributed by atoms with van der Waals surface area (Å²) < 4.78 is 79.3. The fourth-order valence-corrected chi connectivity index (χ4v) is 4.91. The van der Waals surface area contributed by atoms with Gasteiger partial charge in [-0.25, -0.2) is 22.0 Å². The molecule has 3 unspecified atom stereocenters. The molecule has 7 heteroatoms. The zero-order valence-electron chi connectivity index (χ0n) is 10.8. The Hall–Kier alpha value is -1.24. The van der Waals surface area contributed by atoms with Crippen LogP contribution in [0, 0.1) is 29.1 Å². The van der Waals surface area contributed by atoms with Gasteiger partial charge >= 0.3 is 0 Å². The van der Waals surface area contributed by atoms with Crippen LogP contribution in [0.3, 0.4) is 0 Å². The second kappa shape index (κ2) is 5.19. The number of allylic oxidation sites excluding steroid dienone is 1. The first-order chi connectivity index (χ1) is 9.91. The highest BCUT2D eigenvalue weighted by Crippen LogP contribution is 2.39. The molecule has 21 heavy (non-hydrogen) atoms. The SMILES string of the molecule is O=S1C2C=C(c3c(F)c(F)c(F)c(F)c3F)CC1CCC2. The molecule has 1 aromatic carbocycles. The largest absolute Gasteiger partial charge is 0.259 e. The molecular formula is C14H11F5OS. The second-order valence-electron chi connectivity index (χ2n) is 5.26. The Balaban J connectivity index is 2.16. The number of hydrogen-bond acceptors (Lipinski definition) is 1. The summed E-state index contributed by atoms with van der Waals surface area (Å²) in [5, 5.41) is -0.652. The molecule has 1 fully saturated rings. The molecule has 0 aliphatic carbocycles. The van der Waals surface area contributed by atoms with Gasteiger partial charge in [0.2, 0.25) is 5.82 Å². The van der Waals surface area contributed by atoms with Crippen molar-refractivity contribution in [2.75, 3.05) is 0 Å². The van der Waals surface area contributed by atoms with E-state index in [4.69, 9.17) is 0 Å². The van der Waals surface area contributed by atoms with Crippen LogP contribution in [0.15, 0.2) is 6.08 Å². The monoisotopic (exact) mass is 322 g/mol. The summed E-state index contributed by atoms with van der Waals surface area (Å²) in [4.78, 5) is 0. The normalized spacial score (nSPS) is 28.4. The third-order valence-electron chi connectivity index (χ3n) is 4.01. The van der Waals surface area contributed by atoms with Gasteiger partial charge < -0.3 is 0 Å². The highest BCUT2D eigenvalue weighted by atomic mass is 32.2. The fraction of sp³-hybridized carbons (Fsp3) is 0.429. The minimum atomic E-state index is -2.16. The summed E-state index contributed by atoms with van der Waals surface area (Å²) in [6, 6.07) is 0. The van der Waals surface area contributed by atoms with E-state index >= 15 is 0 Å². The van der Waals surface area contributed by atoms with Crippen molar-refractivity contribution in [3.8, 4) is 0 Å². The lowest BCUT2D eigenvalue weighted by Crippen LogP contribution is -2.34. The van der Waals surface area contributed by atoms with E-state index in [-0.39, 0.29) is 22.5 Å². The third-order valence-corrected chi connectivity index (χ3v) is 6.04. The zero-order valence-corrected chi connectivity index (χ0v) is 11.6. The highest BCUT2D eigenvalue weighted by Gasteiger charge is 2.36. The Labute approximate surface area is 120 Å². The van der Waals surface area contributed by atoms with Gasteiger partial charge in [-0.1, -0.05) is 12.5 Å². The number of hydrogen-bond donors (Lipinski definition) is 0. The summed E-state index contributed by atoms with van der Waals surface area (Å²) in [5.41, 5.74) is -0.808. The van der Waals surface area contributed by atoms with E-state index in [0.29, 0.717) is 12.8 Å². The maximum absolute atomic E-state index is 13.8. The van der Waals surface area contributed by atoms with Crippen LogP contribution >= 0.6 is 0 Å². The van der Waals surface area contributed by atoms with Crippen LogP contribution in [0.2, 0.25) is 0 Å². The molecule has 3 atom stereocenters. The summed E-state index contributed by atoms with van der Waals surface area (Å²) >= 11 is 0. The molecule has 0 amide bonds. The summed E-state index contributed by atoms with van der Waals surface area (Å²) in [5.74, 6) is -9.68. The first-order valence-corrected chi connectivity index (χ1v) is 7.81. The van der Waals surface area contributed by atoms with E-state index in [1.807, 2.05) is 0 Å². The van der Waals surface area contributed by atoms with Crippen molar-refractivity contribution in [2.24, 2.45) is 0 Å². The molecule has 1 nitrogen and oxygen atoms in total. The van der Waals surface area contributed by atoms with Gasteiger partial charge in [0.05, 0.1) is 10.8 Å². The molecule has 1 aromatic rings. The van der Waals surface area contributed by atoms with Crippen LogP contribution in [0.1, 0.15) is 31.2 Å². The van der Waals surface area contributed by atoms with Crippen molar-refractivity contribution in [3.05, 3.63) is 40.7 Å². The van der Waals surface area contributed by atoms with Crippen LogP contribution in [0.25, 0.3) is 5.57 Å². The Kier molecular flexibility index (Phi) is 3.63. The summed E-state index contributed by atoms with van der Waals surface area (Å²) in [6.45, 7) is 0. The van der Waals surface area contributed by atoms with Crippen molar-refractivity contribution in [1.82, 2.24) is 0 Å². The van der Waals surface area contributed by atoms with E-state index in [1.54, 1.807) is 0 Å². The Morgan fingerprint density at radius 1 is 0.905 bits per heavy atom. The van der Waals surface area contributed by atoms with Crippen LogP contribution in [0.4, 0.5) is 22.0 Å². The third kappa shape index (κ3) is 2.22. The standard InChI is InChI=1S/C14H11F5OS/c15-10-9(11(16)13(18)14(19)12(10)17)6-4-7-2-1-3-8(5-6)21(7)20/h4,7-8H,1-3,5H2. The molecule has 2 heterocycles. The minimum absolute atomic E-state index is 0.0668. The molecule has 2 aliphatic heterocycles. The van der Waals surface area contributed by atoms with Crippen molar-refractivity contribution < 1.29 is 26.2 Å². The van der Waals surface area contributed by atoms with Crippen molar-refractivity contribution in [3.63, 3.8) is 0 Å². The van der Waals surface area contributed by atoms with Crippen molar-refractivity contribution in [2.45, 2.75) is 36.2 Å². The predicted molar refractivity (Wildman–Crippen MR) is 68.4 cm³/mol. The first-order valence-electron chi connectivity index (χ1n) is 6.53. The maximum atomic E-state index is 13.8. The Morgan fingerprint density at radius 3 is 2.05 bits per heavy atom. The lowest BCUT2D eigenvalue weighted by molar-refractivity contribution is 0.375. The van der Waals surface area contributed by atoms with Crippen LogP contribution in [-0.2, 0) is 10.8 Å². The molecule has 0 spiro atoms. The fourth-order valence-electron chi connectivity index (χ4n) is 2.97. The number of benzene rings is 1. The Morgan fingerprint density at radius 2 is 1.48 bits per heavy atom. The van der Waals surface area contributed by atoms with Crippen LogP contribution < -0.4 is 0 Å². The molecule has 0 saturated carbocycles. The van der Waals surface area contributed by atoms with E-state index < -0.39 is 45.4 Å². The van der Waals surface area contributed by atoms with Gasteiger partial charge in [-0.15, -0.1) is 0 Å². The number of rotatable bonds is 1. The van der Waals surface area contributed by atoms with Gasteiger partial charge in [-0.2, -0.15) is 0 Å². The van der Waals surface area contributed by atoms with Crippen molar-refractivity contribution in [1.29, 1.82) is 0 Å². The average Bonchev–Trinajstić information content (AvgIpc) is 2.44. The lowest BCUT2D eigenvalue weighted by atomic mass is 9.92. The topological polar surface area (TPSA) is 17.1 Å². The zero-order chi connectivity index (χ0) is 15.3. The average molecular weight is 322 g/mol. The van der Waals surface area contributed by atoms with E-state index in [1.165, 1.54) is 6.08 Å². The Bertz CT molecular complexity index is 641. The lowest BCUT2D eigenvalue weighted by Gasteiger charge is -2.33. The molecule has 114 valence electrons.